The number of amides is 1. The maximum atomic E-state index is 11.6. The Morgan fingerprint density at radius 3 is 2.90 bits per heavy atom. The van der Waals surface area contributed by atoms with Gasteiger partial charge in [0.1, 0.15) is 11.5 Å². The molecule has 1 aliphatic rings. The van der Waals surface area contributed by atoms with Crippen molar-refractivity contribution in [3.05, 3.63) is 23.8 Å². The quantitative estimate of drug-likeness (QED) is 0.750. The normalized spacial score (nSPS) is 13.9. The topological polar surface area (TPSA) is 73.6 Å². The molecule has 0 heterocycles. The molecule has 1 aromatic carbocycles. The molecule has 0 bridgehead atoms. The fourth-order valence-electron chi connectivity index (χ4n) is 1.96. The largest absolute Gasteiger partial charge is 0.497 e. The van der Waals surface area contributed by atoms with Gasteiger partial charge in [-0.3, -0.25) is 4.79 Å². The summed E-state index contributed by atoms with van der Waals surface area (Å²) in [5.74, 6) is 1.61. The monoisotopic (exact) mass is 278 g/mol. The van der Waals surface area contributed by atoms with Gasteiger partial charge in [-0.25, -0.2) is 0 Å². The summed E-state index contributed by atoms with van der Waals surface area (Å²) in [6.45, 7) is 0.925. The predicted molar refractivity (Wildman–Crippen MR) is 77.0 cm³/mol. The highest BCUT2D eigenvalue weighted by molar-refractivity contribution is 5.76. The molecule has 5 heteroatoms. The molecule has 1 aromatic rings. The van der Waals surface area contributed by atoms with E-state index < -0.39 is 0 Å². The van der Waals surface area contributed by atoms with Gasteiger partial charge in [-0.1, -0.05) is 0 Å². The van der Waals surface area contributed by atoms with Crippen molar-refractivity contribution < 1.29 is 14.3 Å². The van der Waals surface area contributed by atoms with Crippen LogP contribution in [0.4, 0.5) is 0 Å². The molecule has 110 valence electrons. The third-order valence-electron chi connectivity index (χ3n) is 3.21. The predicted octanol–water partition coefficient (Wildman–Crippen LogP) is 1.24. The highest BCUT2D eigenvalue weighted by Crippen LogP contribution is 2.24. The molecule has 3 N–H and O–H groups in total. The number of methoxy groups -OCH3 is 1. The second-order valence-corrected chi connectivity index (χ2v) is 4.95. The van der Waals surface area contributed by atoms with Gasteiger partial charge in [0.2, 0.25) is 5.91 Å². The van der Waals surface area contributed by atoms with E-state index in [1.54, 1.807) is 7.11 Å². The van der Waals surface area contributed by atoms with Gasteiger partial charge in [0.25, 0.3) is 0 Å². The Bertz CT molecular complexity index is 458. The van der Waals surface area contributed by atoms with Crippen LogP contribution in [0.1, 0.15) is 24.8 Å². The Hall–Kier alpha value is -1.75. The van der Waals surface area contributed by atoms with E-state index in [0.29, 0.717) is 25.6 Å². The van der Waals surface area contributed by atoms with Gasteiger partial charge in [-0.15, -0.1) is 0 Å². The highest BCUT2D eigenvalue weighted by Gasteiger charge is 2.22. The lowest BCUT2D eigenvalue weighted by molar-refractivity contribution is -0.121. The summed E-state index contributed by atoms with van der Waals surface area (Å²) in [5.41, 5.74) is 6.61. The van der Waals surface area contributed by atoms with Crippen LogP contribution in [0.3, 0.4) is 0 Å². The lowest BCUT2D eigenvalue weighted by Gasteiger charge is -2.12. The third-order valence-corrected chi connectivity index (χ3v) is 3.21. The molecular formula is C15H22N2O3. The molecule has 1 amide bonds. The number of carbonyl (C=O) groups excluding carboxylic acids is 1. The number of nitrogens with two attached hydrogens (primary N) is 1. The fraction of sp³-hybridized carbons (Fsp3) is 0.533. The van der Waals surface area contributed by atoms with Crippen LogP contribution in [-0.2, 0) is 11.2 Å². The molecule has 1 saturated carbocycles. The van der Waals surface area contributed by atoms with Gasteiger partial charge in [0, 0.05) is 6.04 Å². The zero-order valence-corrected chi connectivity index (χ0v) is 11.9. The lowest BCUT2D eigenvalue weighted by atomic mass is 10.1. The molecule has 0 atom stereocenters. The number of rotatable bonds is 8. The zero-order valence-electron chi connectivity index (χ0n) is 11.9. The van der Waals surface area contributed by atoms with Crippen LogP contribution in [-0.4, -0.2) is 32.2 Å². The molecule has 0 radical (unpaired) electrons. The lowest BCUT2D eigenvalue weighted by Crippen LogP contribution is -2.26. The van der Waals surface area contributed by atoms with Crippen LogP contribution in [0.5, 0.6) is 11.5 Å². The van der Waals surface area contributed by atoms with E-state index in [4.69, 9.17) is 15.2 Å². The number of ether oxygens (including phenoxy) is 2. The number of hydrogen-bond donors (Lipinski definition) is 2. The molecule has 0 saturated heterocycles. The first-order valence-corrected chi connectivity index (χ1v) is 7.02. The van der Waals surface area contributed by atoms with E-state index in [1.807, 2.05) is 18.2 Å². The minimum Gasteiger partial charge on any atom is -0.497 e. The minimum absolute atomic E-state index is 0.0568. The van der Waals surface area contributed by atoms with Crippen LogP contribution in [0.25, 0.3) is 0 Å². The molecule has 5 nitrogen and oxygen atoms in total. The summed E-state index contributed by atoms with van der Waals surface area (Å²) in [6.07, 6.45) is 3.31. The second kappa shape index (κ2) is 7.14. The van der Waals surface area contributed by atoms with Crippen LogP contribution in [0, 0.1) is 0 Å². The summed E-state index contributed by atoms with van der Waals surface area (Å²) >= 11 is 0. The fourth-order valence-corrected chi connectivity index (χ4v) is 1.96. The van der Waals surface area contributed by atoms with E-state index in [-0.39, 0.29) is 5.91 Å². The van der Waals surface area contributed by atoms with Gasteiger partial charge < -0.3 is 20.5 Å². The smallest absolute Gasteiger partial charge is 0.223 e. The Labute approximate surface area is 119 Å². The summed E-state index contributed by atoms with van der Waals surface area (Å²) in [7, 11) is 1.63. The van der Waals surface area contributed by atoms with Gasteiger partial charge in [0.05, 0.1) is 20.1 Å². The molecule has 0 aliphatic heterocycles. The van der Waals surface area contributed by atoms with Crippen molar-refractivity contribution in [3.8, 4) is 11.5 Å². The van der Waals surface area contributed by atoms with Gasteiger partial charge in [-0.2, -0.15) is 0 Å². The van der Waals surface area contributed by atoms with Crippen LogP contribution in [0.2, 0.25) is 0 Å². The van der Waals surface area contributed by atoms with E-state index in [0.717, 1.165) is 36.3 Å². The third kappa shape index (κ3) is 4.42. The minimum atomic E-state index is 0.0568. The second-order valence-electron chi connectivity index (χ2n) is 4.95. The van der Waals surface area contributed by atoms with E-state index >= 15 is 0 Å². The van der Waals surface area contributed by atoms with Crippen molar-refractivity contribution in [1.29, 1.82) is 0 Å². The maximum absolute atomic E-state index is 11.6. The van der Waals surface area contributed by atoms with Gasteiger partial charge in [-0.05, 0) is 49.6 Å². The van der Waals surface area contributed by atoms with E-state index in [1.165, 1.54) is 0 Å². The Morgan fingerprint density at radius 2 is 2.25 bits per heavy atom. The van der Waals surface area contributed by atoms with E-state index in [9.17, 15) is 4.79 Å². The number of hydrogen-bond acceptors (Lipinski definition) is 4. The van der Waals surface area contributed by atoms with Gasteiger partial charge in [0.15, 0.2) is 0 Å². The first kappa shape index (κ1) is 14.7. The standard InChI is InChI=1S/C15H22N2O3/c1-19-13-4-5-14(11(10-13)6-8-16)20-9-7-15(18)17-12-2-3-12/h4-5,10,12H,2-3,6-9,16H2,1H3,(H,17,18). The Kier molecular flexibility index (Phi) is 5.24. The van der Waals surface area contributed by atoms with Crippen molar-refractivity contribution in [2.24, 2.45) is 5.73 Å². The highest BCUT2D eigenvalue weighted by atomic mass is 16.5. The number of carbonyl (C=O) groups is 1. The summed E-state index contributed by atoms with van der Waals surface area (Å²) in [5, 5.41) is 2.94. The summed E-state index contributed by atoms with van der Waals surface area (Å²) < 4.78 is 10.9. The number of nitrogens with one attached hydrogen (secondary N) is 1. The van der Waals surface area contributed by atoms with Crippen molar-refractivity contribution in [1.82, 2.24) is 5.32 Å². The molecule has 0 unspecified atom stereocenters. The summed E-state index contributed by atoms with van der Waals surface area (Å²) in [4.78, 5) is 11.6. The van der Waals surface area contributed by atoms with Crippen molar-refractivity contribution >= 4 is 5.91 Å². The van der Waals surface area contributed by atoms with Crippen molar-refractivity contribution in [2.75, 3.05) is 20.3 Å². The zero-order chi connectivity index (χ0) is 14.4. The molecule has 2 rings (SSSR count). The van der Waals surface area contributed by atoms with Crippen LogP contribution >= 0.6 is 0 Å². The molecule has 1 aliphatic carbocycles. The van der Waals surface area contributed by atoms with Gasteiger partial charge >= 0.3 is 0 Å². The average molecular weight is 278 g/mol. The first-order valence-electron chi connectivity index (χ1n) is 7.02. The van der Waals surface area contributed by atoms with Crippen molar-refractivity contribution in [3.63, 3.8) is 0 Å². The Morgan fingerprint density at radius 1 is 1.45 bits per heavy atom. The SMILES string of the molecule is COc1ccc(OCCC(=O)NC2CC2)c(CCN)c1. The molecule has 20 heavy (non-hydrogen) atoms. The average Bonchev–Trinajstić information content (AvgIpc) is 3.24. The van der Waals surface area contributed by atoms with E-state index in [2.05, 4.69) is 5.32 Å². The maximum Gasteiger partial charge on any atom is 0.223 e. The molecular weight excluding hydrogens is 256 g/mol. The van der Waals surface area contributed by atoms with Crippen molar-refractivity contribution in [2.45, 2.75) is 31.7 Å². The first-order chi connectivity index (χ1) is 9.72. The van der Waals surface area contributed by atoms with Crippen LogP contribution in [0.15, 0.2) is 18.2 Å². The Balaban J connectivity index is 1.85. The summed E-state index contributed by atoms with van der Waals surface area (Å²) in [6, 6.07) is 6.03. The molecule has 0 spiro atoms. The molecule has 0 aromatic heterocycles. The van der Waals surface area contributed by atoms with Crippen LogP contribution < -0.4 is 20.5 Å². The molecule has 1 fully saturated rings. The number of benzene rings is 1.